The summed E-state index contributed by atoms with van der Waals surface area (Å²) in [6, 6.07) is 2.54. The van der Waals surface area contributed by atoms with Crippen LogP contribution in [0.4, 0.5) is 15.8 Å². The van der Waals surface area contributed by atoms with Crippen molar-refractivity contribution >= 4 is 23.3 Å². The third kappa shape index (κ3) is 3.67. The molecule has 1 amide bonds. The third-order valence-corrected chi connectivity index (χ3v) is 1.79. The molecule has 0 aliphatic rings. The average molecular weight is 254 g/mol. The van der Waals surface area contributed by atoms with Crippen molar-refractivity contribution in [1.29, 1.82) is 0 Å². The summed E-state index contributed by atoms with van der Waals surface area (Å²) in [6.07, 6.45) is 1.22. The van der Waals surface area contributed by atoms with Crippen LogP contribution in [0.15, 0.2) is 30.4 Å². The molecule has 0 aliphatic carbocycles. The van der Waals surface area contributed by atoms with Gasteiger partial charge < -0.3 is 10.4 Å². The van der Waals surface area contributed by atoms with Gasteiger partial charge in [-0.25, -0.2) is 9.18 Å². The van der Waals surface area contributed by atoms with Gasteiger partial charge in [0.2, 0.25) is 5.91 Å². The second-order valence-electron chi connectivity index (χ2n) is 3.08. The van der Waals surface area contributed by atoms with E-state index >= 15 is 0 Å². The molecule has 8 heteroatoms. The minimum Gasteiger partial charge on any atom is -0.478 e. The fourth-order valence-electron chi connectivity index (χ4n) is 1.09. The molecule has 1 aromatic rings. The Hall–Kier alpha value is -2.77. The van der Waals surface area contributed by atoms with Gasteiger partial charge in [-0.3, -0.25) is 14.9 Å². The molecule has 2 N–H and O–H groups in total. The Morgan fingerprint density at radius 3 is 2.61 bits per heavy atom. The Morgan fingerprint density at radius 1 is 1.39 bits per heavy atom. The Bertz CT molecular complexity index is 541. The van der Waals surface area contributed by atoms with E-state index in [-0.39, 0.29) is 5.69 Å². The molecule has 0 atom stereocenters. The highest BCUT2D eigenvalue weighted by Crippen LogP contribution is 2.24. The highest BCUT2D eigenvalue weighted by atomic mass is 19.1. The van der Waals surface area contributed by atoms with Gasteiger partial charge >= 0.3 is 5.97 Å². The van der Waals surface area contributed by atoms with Crippen LogP contribution in [0.3, 0.4) is 0 Å². The van der Waals surface area contributed by atoms with Crippen molar-refractivity contribution in [3.63, 3.8) is 0 Å². The number of halogens is 1. The molecule has 0 fully saturated rings. The molecule has 1 aromatic carbocycles. The van der Waals surface area contributed by atoms with E-state index in [2.05, 4.69) is 0 Å². The smallest absolute Gasteiger partial charge is 0.328 e. The normalized spacial score (nSPS) is 10.3. The molecule has 0 unspecified atom stereocenters. The van der Waals surface area contributed by atoms with Gasteiger partial charge in [0.25, 0.3) is 5.69 Å². The molecule has 0 aromatic heterocycles. The van der Waals surface area contributed by atoms with Gasteiger partial charge in [-0.05, 0) is 6.07 Å². The number of anilines is 1. The molecule has 18 heavy (non-hydrogen) atoms. The van der Waals surface area contributed by atoms with E-state index < -0.39 is 28.3 Å². The summed E-state index contributed by atoms with van der Waals surface area (Å²) in [4.78, 5) is 31.2. The molecular weight excluding hydrogens is 247 g/mol. The number of amides is 1. The van der Waals surface area contributed by atoms with E-state index in [1.807, 2.05) is 5.32 Å². The van der Waals surface area contributed by atoms with Crippen LogP contribution in [0.25, 0.3) is 0 Å². The topological polar surface area (TPSA) is 110 Å². The van der Waals surface area contributed by atoms with Gasteiger partial charge in [-0.2, -0.15) is 0 Å². The Morgan fingerprint density at radius 2 is 2.06 bits per heavy atom. The van der Waals surface area contributed by atoms with Gasteiger partial charge in [0.05, 0.1) is 4.92 Å². The van der Waals surface area contributed by atoms with Gasteiger partial charge in [0.1, 0.15) is 11.5 Å². The molecular formula is C10H7FN2O5. The quantitative estimate of drug-likeness (QED) is 0.478. The van der Waals surface area contributed by atoms with Gasteiger partial charge in [-0.1, -0.05) is 0 Å². The van der Waals surface area contributed by atoms with E-state index in [0.29, 0.717) is 12.2 Å². The highest BCUT2D eigenvalue weighted by Gasteiger charge is 2.15. The fourth-order valence-corrected chi connectivity index (χ4v) is 1.09. The van der Waals surface area contributed by atoms with Crippen LogP contribution >= 0.6 is 0 Å². The lowest BCUT2D eigenvalue weighted by atomic mass is 10.2. The number of aliphatic carboxylic acids is 1. The number of benzene rings is 1. The number of nitro groups is 1. The molecule has 1 rings (SSSR count). The standard InChI is InChI=1S/C10H7FN2O5/c11-6-1-2-8(13(17)18)7(5-6)12-9(14)3-4-10(15)16/h1-5H,(H,12,14)(H,15,16)/b4-3+. The molecule has 0 aliphatic heterocycles. The van der Waals surface area contributed by atoms with E-state index in [0.717, 1.165) is 18.2 Å². The number of hydrogen-bond donors (Lipinski definition) is 2. The number of carbonyl (C=O) groups is 2. The largest absolute Gasteiger partial charge is 0.478 e. The van der Waals surface area contributed by atoms with E-state index in [9.17, 15) is 24.1 Å². The second kappa shape index (κ2) is 5.53. The van der Waals surface area contributed by atoms with Gasteiger partial charge in [-0.15, -0.1) is 0 Å². The van der Waals surface area contributed by atoms with Crippen molar-refractivity contribution in [2.45, 2.75) is 0 Å². The highest BCUT2D eigenvalue weighted by molar-refractivity contribution is 6.03. The molecule has 0 bridgehead atoms. The molecule has 94 valence electrons. The average Bonchev–Trinajstić information content (AvgIpc) is 2.26. The Kier molecular flexibility index (Phi) is 4.08. The Balaban J connectivity index is 2.96. The number of nitrogens with one attached hydrogen (secondary N) is 1. The van der Waals surface area contributed by atoms with Crippen LogP contribution in [-0.4, -0.2) is 21.9 Å². The van der Waals surface area contributed by atoms with Crippen molar-refractivity contribution in [2.75, 3.05) is 5.32 Å². The maximum Gasteiger partial charge on any atom is 0.328 e. The lowest BCUT2D eigenvalue weighted by Crippen LogP contribution is -2.10. The summed E-state index contributed by atoms with van der Waals surface area (Å²) in [7, 11) is 0. The first-order valence-corrected chi connectivity index (χ1v) is 4.56. The van der Waals surface area contributed by atoms with E-state index in [1.54, 1.807) is 0 Å². The van der Waals surface area contributed by atoms with Crippen LogP contribution < -0.4 is 5.32 Å². The number of carboxylic acid groups (broad SMARTS) is 1. The van der Waals surface area contributed by atoms with E-state index in [4.69, 9.17) is 5.11 Å². The second-order valence-corrected chi connectivity index (χ2v) is 3.08. The summed E-state index contributed by atoms with van der Waals surface area (Å²) in [5.41, 5.74) is -0.839. The number of carbonyl (C=O) groups excluding carboxylic acids is 1. The van der Waals surface area contributed by atoms with E-state index in [1.165, 1.54) is 0 Å². The van der Waals surface area contributed by atoms with Crippen LogP contribution in [0.1, 0.15) is 0 Å². The number of hydrogen-bond acceptors (Lipinski definition) is 4. The van der Waals surface area contributed by atoms with Crippen molar-refractivity contribution in [3.05, 3.63) is 46.3 Å². The van der Waals surface area contributed by atoms with Crippen molar-refractivity contribution in [1.82, 2.24) is 0 Å². The molecule has 0 heterocycles. The summed E-state index contributed by atoms with van der Waals surface area (Å²) >= 11 is 0. The first kappa shape index (κ1) is 13.3. The first-order valence-electron chi connectivity index (χ1n) is 4.56. The molecule has 0 saturated carbocycles. The molecule has 0 radical (unpaired) electrons. The third-order valence-electron chi connectivity index (χ3n) is 1.79. The van der Waals surface area contributed by atoms with Crippen LogP contribution in [0.5, 0.6) is 0 Å². The zero-order valence-electron chi connectivity index (χ0n) is 8.79. The monoisotopic (exact) mass is 254 g/mol. The minimum atomic E-state index is -1.35. The summed E-state index contributed by atoms with van der Waals surface area (Å²) in [5.74, 6) is -3.02. The lowest BCUT2D eigenvalue weighted by Gasteiger charge is -2.03. The molecule has 0 saturated heterocycles. The molecule has 0 spiro atoms. The summed E-state index contributed by atoms with van der Waals surface area (Å²) in [5, 5.41) is 20.9. The zero-order valence-corrected chi connectivity index (χ0v) is 8.79. The number of carboxylic acids is 1. The van der Waals surface area contributed by atoms with Gasteiger partial charge in [0, 0.05) is 24.3 Å². The van der Waals surface area contributed by atoms with Crippen LogP contribution in [0, 0.1) is 15.9 Å². The number of rotatable bonds is 4. The van der Waals surface area contributed by atoms with Crippen molar-refractivity contribution < 1.29 is 24.0 Å². The van der Waals surface area contributed by atoms with Crippen LogP contribution in [-0.2, 0) is 9.59 Å². The fraction of sp³-hybridized carbons (Fsp3) is 0. The SMILES string of the molecule is O=C(O)/C=C/C(=O)Nc1cc(F)ccc1[N+](=O)[O-]. The number of nitrogens with zero attached hydrogens (tertiary/aromatic N) is 1. The predicted octanol–water partition coefficient (Wildman–Crippen LogP) is 1.31. The Labute approximate surface area is 99.7 Å². The lowest BCUT2D eigenvalue weighted by molar-refractivity contribution is -0.384. The summed E-state index contributed by atoms with van der Waals surface area (Å²) < 4.78 is 12.9. The maximum absolute atomic E-state index is 12.9. The van der Waals surface area contributed by atoms with Crippen LogP contribution in [0.2, 0.25) is 0 Å². The zero-order chi connectivity index (χ0) is 13.7. The van der Waals surface area contributed by atoms with Crippen molar-refractivity contribution in [2.24, 2.45) is 0 Å². The maximum atomic E-state index is 12.9. The first-order chi connectivity index (χ1) is 8.40. The van der Waals surface area contributed by atoms with Crippen molar-refractivity contribution in [3.8, 4) is 0 Å². The predicted molar refractivity (Wildman–Crippen MR) is 58.5 cm³/mol. The minimum absolute atomic E-state index is 0.347. The van der Waals surface area contributed by atoms with Gasteiger partial charge in [0.15, 0.2) is 0 Å². The molecule has 7 nitrogen and oxygen atoms in total. The summed E-state index contributed by atoms with van der Waals surface area (Å²) in [6.45, 7) is 0. The number of nitro benzene ring substituents is 1.